The lowest BCUT2D eigenvalue weighted by Gasteiger charge is -2.17. The Morgan fingerprint density at radius 3 is 2.77 bits per heavy atom. The normalized spacial score (nSPS) is 15.6. The van der Waals surface area contributed by atoms with Crippen molar-refractivity contribution >= 4 is 35.2 Å². The number of halogens is 1. The van der Waals surface area contributed by atoms with E-state index in [0.29, 0.717) is 41.4 Å². The molecule has 1 aromatic carbocycles. The molecule has 1 aliphatic rings. The number of carbonyl (C=O) groups is 2. The van der Waals surface area contributed by atoms with E-state index in [2.05, 4.69) is 15.3 Å². The summed E-state index contributed by atoms with van der Waals surface area (Å²) in [6, 6.07) is 8.77. The summed E-state index contributed by atoms with van der Waals surface area (Å²) in [7, 11) is 0. The van der Waals surface area contributed by atoms with Gasteiger partial charge in [-0.3, -0.25) is 19.6 Å². The Hall–Kier alpha value is -2.57. The molecular weight excluding hydrogens is 354 g/mol. The highest BCUT2D eigenvalue weighted by atomic mass is 35.5. The summed E-state index contributed by atoms with van der Waals surface area (Å²) in [6.07, 6.45) is 4.01. The number of aliphatic imine (C=N–C) groups is 1. The fourth-order valence-electron chi connectivity index (χ4n) is 2.67. The number of amides is 1. The number of aliphatic hydroxyl groups is 1. The molecule has 0 spiro atoms. The van der Waals surface area contributed by atoms with Gasteiger partial charge in [-0.25, -0.2) is 0 Å². The van der Waals surface area contributed by atoms with Crippen LogP contribution in [0.25, 0.3) is 0 Å². The number of aryl methyl sites for hydroxylation is 1. The maximum atomic E-state index is 12.7. The molecule has 3 rings (SSSR count). The number of rotatable bonds is 6. The molecule has 0 bridgehead atoms. The minimum atomic E-state index is -0.956. The van der Waals surface area contributed by atoms with E-state index in [4.69, 9.17) is 16.7 Å². The van der Waals surface area contributed by atoms with E-state index >= 15 is 0 Å². The highest BCUT2D eigenvalue weighted by Crippen LogP contribution is 2.26. The van der Waals surface area contributed by atoms with Crippen LogP contribution in [0, 0.1) is 5.92 Å². The Balaban J connectivity index is 1.69. The minimum Gasteiger partial charge on any atom is -0.396 e. The molecule has 0 aliphatic carbocycles. The van der Waals surface area contributed by atoms with Gasteiger partial charge in [0.2, 0.25) is 5.91 Å². The molecule has 134 valence electrons. The predicted octanol–water partition coefficient (Wildman–Crippen LogP) is 2.49. The number of fused-ring (bicyclic) bond motifs is 1. The predicted molar refractivity (Wildman–Crippen MR) is 98.9 cm³/mol. The molecule has 2 N–H and O–H groups in total. The molecule has 6 nitrogen and oxygen atoms in total. The first-order valence-corrected chi connectivity index (χ1v) is 8.66. The Morgan fingerprint density at radius 1 is 1.27 bits per heavy atom. The standard InChI is InChI=1S/C19H18ClN3O3/c20-13-5-3-12(4-6-13)9-23-19(26)16-10-22-17-11-21-14(2-1-7-24)8-15(17)18(16)25/h3-6,8,10-11,16,24H,1-2,7,9H2,(H,23,26). The lowest BCUT2D eigenvalue weighted by molar-refractivity contribution is -0.122. The topological polar surface area (TPSA) is 91.7 Å². The first-order chi connectivity index (χ1) is 12.6. The Kier molecular flexibility index (Phi) is 5.75. The number of carbonyl (C=O) groups excluding carboxylic acids is 2. The van der Waals surface area contributed by atoms with Crippen LogP contribution >= 0.6 is 11.6 Å². The van der Waals surface area contributed by atoms with Crippen molar-refractivity contribution in [2.24, 2.45) is 10.9 Å². The summed E-state index contributed by atoms with van der Waals surface area (Å²) in [5.74, 6) is -1.65. The van der Waals surface area contributed by atoms with Crippen LogP contribution in [-0.2, 0) is 17.8 Å². The molecule has 2 aromatic rings. The summed E-state index contributed by atoms with van der Waals surface area (Å²) in [5.41, 5.74) is 2.44. The van der Waals surface area contributed by atoms with Crippen molar-refractivity contribution in [2.45, 2.75) is 19.4 Å². The van der Waals surface area contributed by atoms with E-state index in [-0.39, 0.29) is 12.4 Å². The fraction of sp³-hybridized carbons (Fsp3) is 0.263. The molecule has 2 heterocycles. The summed E-state index contributed by atoms with van der Waals surface area (Å²) in [4.78, 5) is 33.5. The van der Waals surface area contributed by atoms with E-state index in [0.717, 1.165) is 5.56 Å². The number of hydrogen-bond acceptors (Lipinski definition) is 5. The Bertz CT molecular complexity index is 850. The van der Waals surface area contributed by atoms with Gasteiger partial charge in [0.05, 0.1) is 11.9 Å². The Labute approximate surface area is 155 Å². The molecule has 0 fully saturated rings. The van der Waals surface area contributed by atoms with Crippen LogP contribution in [0.4, 0.5) is 5.69 Å². The number of Topliss-reactive ketones (excluding diaryl/α,β-unsaturated/α-hetero) is 1. The zero-order valence-electron chi connectivity index (χ0n) is 14.0. The zero-order chi connectivity index (χ0) is 18.5. The van der Waals surface area contributed by atoms with Crippen molar-refractivity contribution in [2.75, 3.05) is 6.61 Å². The molecule has 1 atom stereocenters. The van der Waals surface area contributed by atoms with Crippen molar-refractivity contribution < 1.29 is 14.7 Å². The minimum absolute atomic E-state index is 0.0561. The second-order valence-electron chi connectivity index (χ2n) is 5.98. The molecule has 0 radical (unpaired) electrons. The van der Waals surface area contributed by atoms with Crippen LogP contribution in [0.2, 0.25) is 5.02 Å². The number of nitrogens with zero attached hydrogens (tertiary/aromatic N) is 2. The molecule has 26 heavy (non-hydrogen) atoms. The molecule has 0 saturated heterocycles. The summed E-state index contributed by atoms with van der Waals surface area (Å²) in [5, 5.41) is 12.3. The molecule has 7 heteroatoms. The van der Waals surface area contributed by atoms with E-state index in [1.54, 1.807) is 18.2 Å². The highest BCUT2D eigenvalue weighted by Gasteiger charge is 2.31. The first-order valence-electron chi connectivity index (χ1n) is 8.29. The molecular formula is C19H18ClN3O3. The van der Waals surface area contributed by atoms with Gasteiger partial charge in [-0.05, 0) is 36.6 Å². The number of hydrogen-bond donors (Lipinski definition) is 2. The lowest BCUT2D eigenvalue weighted by atomic mass is 9.94. The second-order valence-corrected chi connectivity index (χ2v) is 6.42. The van der Waals surface area contributed by atoms with Gasteiger partial charge in [-0.2, -0.15) is 0 Å². The van der Waals surface area contributed by atoms with E-state index in [9.17, 15) is 9.59 Å². The zero-order valence-corrected chi connectivity index (χ0v) is 14.7. The van der Waals surface area contributed by atoms with Gasteiger partial charge >= 0.3 is 0 Å². The first kappa shape index (κ1) is 18.2. The van der Waals surface area contributed by atoms with Crippen molar-refractivity contribution in [1.29, 1.82) is 0 Å². The number of benzene rings is 1. The third-order valence-electron chi connectivity index (χ3n) is 4.10. The van der Waals surface area contributed by atoms with Crippen molar-refractivity contribution in [3.8, 4) is 0 Å². The van der Waals surface area contributed by atoms with Gasteiger partial charge in [0, 0.05) is 35.6 Å². The van der Waals surface area contributed by atoms with Crippen molar-refractivity contribution in [1.82, 2.24) is 10.3 Å². The molecule has 1 aliphatic heterocycles. The van der Waals surface area contributed by atoms with Gasteiger partial charge in [-0.1, -0.05) is 23.7 Å². The SMILES string of the molecule is O=C(NCc1ccc(Cl)cc1)C1C=Nc2cnc(CCCO)cc2C1=O. The van der Waals surface area contributed by atoms with E-state index in [1.165, 1.54) is 12.4 Å². The summed E-state index contributed by atoms with van der Waals surface area (Å²) >= 11 is 5.84. The molecule has 1 aromatic heterocycles. The number of ketones is 1. The van der Waals surface area contributed by atoms with E-state index in [1.807, 2.05) is 12.1 Å². The van der Waals surface area contributed by atoms with Crippen LogP contribution in [0.15, 0.2) is 41.5 Å². The van der Waals surface area contributed by atoms with Crippen molar-refractivity contribution in [3.63, 3.8) is 0 Å². The third-order valence-corrected chi connectivity index (χ3v) is 4.36. The highest BCUT2D eigenvalue weighted by molar-refractivity contribution is 6.30. The van der Waals surface area contributed by atoms with Crippen LogP contribution in [-0.4, -0.2) is 34.6 Å². The van der Waals surface area contributed by atoms with Gasteiger partial charge in [0.1, 0.15) is 5.92 Å². The summed E-state index contributed by atoms with van der Waals surface area (Å²) < 4.78 is 0. The number of aromatic nitrogens is 1. The molecule has 0 saturated carbocycles. The quantitative estimate of drug-likeness (QED) is 0.763. The van der Waals surface area contributed by atoms with Crippen LogP contribution < -0.4 is 5.32 Å². The number of nitrogens with one attached hydrogen (secondary N) is 1. The smallest absolute Gasteiger partial charge is 0.236 e. The van der Waals surface area contributed by atoms with Gasteiger partial charge in [-0.15, -0.1) is 0 Å². The fourth-order valence-corrected chi connectivity index (χ4v) is 2.79. The van der Waals surface area contributed by atoms with Gasteiger partial charge < -0.3 is 10.4 Å². The summed E-state index contributed by atoms with van der Waals surface area (Å²) in [6.45, 7) is 0.360. The number of aliphatic hydroxyl groups excluding tert-OH is 1. The van der Waals surface area contributed by atoms with Gasteiger partial charge in [0.15, 0.2) is 5.78 Å². The largest absolute Gasteiger partial charge is 0.396 e. The van der Waals surface area contributed by atoms with Crippen LogP contribution in [0.5, 0.6) is 0 Å². The average Bonchev–Trinajstić information content (AvgIpc) is 2.66. The lowest BCUT2D eigenvalue weighted by Crippen LogP contribution is -2.37. The molecule has 1 amide bonds. The van der Waals surface area contributed by atoms with Crippen LogP contribution in [0.1, 0.15) is 28.0 Å². The maximum Gasteiger partial charge on any atom is 0.236 e. The Morgan fingerprint density at radius 2 is 2.04 bits per heavy atom. The van der Waals surface area contributed by atoms with Gasteiger partial charge in [0.25, 0.3) is 0 Å². The van der Waals surface area contributed by atoms with Crippen LogP contribution in [0.3, 0.4) is 0 Å². The second kappa shape index (κ2) is 8.21. The average molecular weight is 372 g/mol. The maximum absolute atomic E-state index is 12.7. The monoisotopic (exact) mass is 371 g/mol. The molecule has 1 unspecified atom stereocenters. The van der Waals surface area contributed by atoms with Crippen molar-refractivity contribution in [3.05, 3.63) is 58.4 Å². The number of pyridine rings is 1. The van der Waals surface area contributed by atoms with E-state index < -0.39 is 11.8 Å². The third kappa shape index (κ3) is 4.15.